The second kappa shape index (κ2) is 8.45. The molecule has 2 amide bonds. The fourth-order valence-electron chi connectivity index (χ4n) is 2.29. The van der Waals surface area contributed by atoms with E-state index in [1.54, 1.807) is 12.3 Å². The predicted octanol–water partition coefficient (Wildman–Crippen LogP) is 2.05. The van der Waals surface area contributed by atoms with Crippen molar-refractivity contribution >= 4 is 23.4 Å². The maximum Gasteiger partial charge on any atom is 0.224 e. The zero-order valence-electron chi connectivity index (χ0n) is 13.5. The molecule has 24 heavy (non-hydrogen) atoms. The molecule has 1 aromatic carbocycles. The monoisotopic (exact) mass is 345 g/mol. The van der Waals surface area contributed by atoms with Gasteiger partial charge in [0.05, 0.1) is 12.3 Å². The van der Waals surface area contributed by atoms with Crippen LogP contribution in [0.15, 0.2) is 42.6 Å². The van der Waals surface area contributed by atoms with Crippen LogP contribution in [0, 0.1) is 12.8 Å². The van der Waals surface area contributed by atoms with E-state index in [4.69, 9.17) is 17.3 Å². The fourth-order valence-corrected chi connectivity index (χ4v) is 2.50. The van der Waals surface area contributed by atoms with Crippen LogP contribution in [-0.2, 0) is 22.4 Å². The van der Waals surface area contributed by atoms with Crippen molar-refractivity contribution in [1.29, 1.82) is 0 Å². The van der Waals surface area contributed by atoms with E-state index in [0.29, 0.717) is 11.4 Å². The van der Waals surface area contributed by atoms with E-state index in [1.807, 2.05) is 37.3 Å². The highest BCUT2D eigenvalue weighted by Gasteiger charge is 2.18. The number of hydrogen-bond donors (Lipinski definition) is 2. The lowest BCUT2D eigenvalue weighted by Crippen LogP contribution is -2.37. The highest BCUT2D eigenvalue weighted by molar-refractivity contribution is 6.31. The van der Waals surface area contributed by atoms with Gasteiger partial charge in [-0.25, -0.2) is 0 Å². The molecule has 5 nitrogen and oxygen atoms in total. The molecule has 0 radical (unpaired) electrons. The van der Waals surface area contributed by atoms with E-state index >= 15 is 0 Å². The smallest absolute Gasteiger partial charge is 0.224 e. The van der Waals surface area contributed by atoms with E-state index in [9.17, 15) is 9.59 Å². The number of nitrogens with one attached hydrogen (secondary N) is 1. The summed E-state index contributed by atoms with van der Waals surface area (Å²) in [7, 11) is 0. The number of primary amides is 1. The third-order valence-electron chi connectivity index (χ3n) is 3.71. The lowest BCUT2D eigenvalue weighted by Gasteiger charge is -2.15. The first-order valence-corrected chi connectivity index (χ1v) is 8.04. The van der Waals surface area contributed by atoms with Gasteiger partial charge in [0.25, 0.3) is 0 Å². The van der Waals surface area contributed by atoms with Gasteiger partial charge in [0.15, 0.2) is 0 Å². The number of halogens is 1. The molecule has 0 aliphatic carbocycles. The Balaban J connectivity index is 1.91. The molecule has 1 heterocycles. The van der Waals surface area contributed by atoms with Gasteiger partial charge in [0, 0.05) is 23.5 Å². The van der Waals surface area contributed by atoms with Crippen molar-refractivity contribution in [2.45, 2.75) is 19.8 Å². The Morgan fingerprint density at radius 1 is 1.25 bits per heavy atom. The zero-order valence-corrected chi connectivity index (χ0v) is 14.2. The van der Waals surface area contributed by atoms with E-state index in [0.717, 1.165) is 16.8 Å². The molecule has 2 rings (SSSR count). The minimum atomic E-state index is -0.509. The van der Waals surface area contributed by atoms with Crippen molar-refractivity contribution in [3.63, 3.8) is 0 Å². The summed E-state index contributed by atoms with van der Waals surface area (Å²) in [4.78, 5) is 27.8. The van der Waals surface area contributed by atoms with Gasteiger partial charge in [-0.3, -0.25) is 14.6 Å². The summed E-state index contributed by atoms with van der Waals surface area (Å²) in [6, 6.07) is 11.0. The van der Waals surface area contributed by atoms with Gasteiger partial charge in [-0.2, -0.15) is 0 Å². The topological polar surface area (TPSA) is 85.1 Å². The molecule has 1 atom stereocenters. The van der Waals surface area contributed by atoms with Crippen molar-refractivity contribution in [2.75, 3.05) is 6.54 Å². The quantitative estimate of drug-likeness (QED) is 0.805. The molecule has 1 unspecified atom stereocenters. The molecule has 0 aliphatic rings. The largest absolute Gasteiger partial charge is 0.369 e. The molecule has 126 valence electrons. The maximum absolute atomic E-state index is 12.0. The van der Waals surface area contributed by atoms with Crippen LogP contribution in [0.1, 0.15) is 16.8 Å². The number of carbonyl (C=O) groups excluding carboxylic acids is 2. The number of rotatable bonds is 7. The number of aromatic nitrogens is 1. The molecule has 1 aromatic heterocycles. The van der Waals surface area contributed by atoms with Crippen LogP contribution in [0.2, 0.25) is 5.02 Å². The molecule has 0 spiro atoms. The van der Waals surface area contributed by atoms with E-state index in [2.05, 4.69) is 10.3 Å². The molecule has 0 aliphatic heterocycles. The van der Waals surface area contributed by atoms with Crippen molar-refractivity contribution in [3.8, 4) is 0 Å². The highest BCUT2D eigenvalue weighted by Crippen LogP contribution is 2.18. The van der Waals surface area contributed by atoms with Crippen molar-refractivity contribution < 1.29 is 9.59 Å². The molecule has 2 aromatic rings. The second-order valence-electron chi connectivity index (χ2n) is 5.68. The Labute approximate surface area is 146 Å². The molecule has 3 N–H and O–H groups in total. The van der Waals surface area contributed by atoms with E-state index in [-0.39, 0.29) is 18.9 Å². The molecule has 0 saturated heterocycles. The molecular weight excluding hydrogens is 326 g/mol. The maximum atomic E-state index is 12.0. The van der Waals surface area contributed by atoms with Gasteiger partial charge in [-0.15, -0.1) is 0 Å². The first kappa shape index (κ1) is 17.9. The number of benzene rings is 1. The number of carbonyl (C=O) groups is 2. The van der Waals surface area contributed by atoms with Crippen LogP contribution < -0.4 is 11.1 Å². The van der Waals surface area contributed by atoms with Crippen LogP contribution in [0.25, 0.3) is 0 Å². The van der Waals surface area contributed by atoms with Crippen molar-refractivity contribution in [3.05, 3.63) is 64.4 Å². The Morgan fingerprint density at radius 2 is 2.00 bits per heavy atom. The molecule has 0 bridgehead atoms. The number of nitrogens with zero attached hydrogens (tertiary/aromatic N) is 1. The first-order valence-electron chi connectivity index (χ1n) is 7.66. The summed E-state index contributed by atoms with van der Waals surface area (Å²) < 4.78 is 0. The highest BCUT2D eigenvalue weighted by atomic mass is 35.5. The Bertz CT molecular complexity index is 716. The van der Waals surface area contributed by atoms with Gasteiger partial charge in [-0.1, -0.05) is 35.9 Å². The lowest BCUT2D eigenvalue weighted by atomic mass is 9.98. The van der Waals surface area contributed by atoms with Gasteiger partial charge in [0.1, 0.15) is 0 Å². The average Bonchev–Trinajstić information content (AvgIpc) is 2.55. The Kier molecular flexibility index (Phi) is 6.32. The van der Waals surface area contributed by atoms with Crippen molar-refractivity contribution in [1.82, 2.24) is 10.3 Å². The standard InChI is InChI=1S/C18H20ClN3O2/c1-12-6-7-13(10-21-12)8-17(23)22-11-15(18(20)24)9-14-4-2-3-5-16(14)19/h2-7,10,15H,8-9,11H2,1H3,(H2,20,24)(H,22,23). The van der Waals surface area contributed by atoms with Crippen LogP contribution in [-0.4, -0.2) is 23.3 Å². The Morgan fingerprint density at radius 3 is 2.62 bits per heavy atom. The van der Waals surface area contributed by atoms with Crippen LogP contribution in [0.5, 0.6) is 0 Å². The molecular formula is C18H20ClN3O2. The number of aryl methyl sites for hydroxylation is 1. The molecule has 0 saturated carbocycles. The summed E-state index contributed by atoms with van der Waals surface area (Å²) in [5.41, 5.74) is 8.00. The lowest BCUT2D eigenvalue weighted by molar-refractivity contribution is -0.123. The third-order valence-corrected chi connectivity index (χ3v) is 4.08. The SMILES string of the molecule is Cc1ccc(CC(=O)NCC(Cc2ccccc2Cl)C(N)=O)cn1. The second-order valence-corrected chi connectivity index (χ2v) is 6.09. The zero-order chi connectivity index (χ0) is 17.5. The van der Waals surface area contributed by atoms with Crippen LogP contribution >= 0.6 is 11.6 Å². The number of amides is 2. The van der Waals surface area contributed by atoms with Crippen LogP contribution in [0.4, 0.5) is 0 Å². The first-order chi connectivity index (χ1) is 11.5. The Hall–Kier alpha value is -2.40. The summed E-state index contributed by atoms with van der Waals surface area (Å²) >= 11 is 6.11. The fraction of sp³-hybridized carbons (Fsp3) is 0.278. The van der Waals surface area contributed by atoms with Gasteiger partial charge < -0.3 is 11.1 Å². The summed E-state index contributed by atoms with van der Waals surface area (Å²) in [6.45, 7) is 2.06. The minimum absolute atomic E-state index is 0.175. The van der Waals surface area contributed by atoms with Crippen LogP contribution in [0.3, 0.4) is 0 Å². The number of hydrogen-bond acceptors (Lipinski definition) is 3. The molecule has 6 heteroatoms. The average molecular weight is 346 g/mol. The number of nitrogens with two attached hydrogens (primary N) is 1. The van der Waals surface area contributed by atoms with E-state index < -0.39 is 11.8 Å². The van der Waals surface area contributed by atoms with Crippen molar-refractivity contribution in [2.24, 2.45) is 11.7 Å². The summed E-state index contributed by atoms with van der Waals surface area (Å²) in [5, 5.41) is 3.34. The van der Waals surface area contributed by atoms with Gasteiger partial charge in [0.2, 0.25) is 11.8 Å². The summed E-state index contributed by atoms with van der Waals surface area (Å²) in [6.07, 6.45) is 2.27. The van der Waals surface area contributed by atoms with Gasteiger partial charge >= 0.3 is 0 Å². The third kappa shape index (κ3) is 5.35. The number of pyridine rings is 1. The minimum Gasteiger partial charge on any atom is -0.369 e. The molecule has 0 fully saturated rings. The van der Waals surface area contributed by atoms with E-state index in [1.165, 1.54) is 0 Å². The normalized spacial score (nSPS) is 11.8. The predicted molar refractivity (Wildman–Crippen MR) is 93.5 cm³/mol. The van der Waals surface area contributed by atoms with Gasteiger partial charge in [-0.05, 0) is 36.6 Å². The summed E-state index contributed by atoms with van der Waals surface area (Å²) in [5.74, 6) is -1.15.